The molecule has 6 nitrogen and oxygen atoms in total. The predicted octanol–water partition coefficient (Wildman–Crippen LogP) is 0.781. The minimum Gasteiger partial charge on any atom is -0.506 e. The summed E-state index contributed by atoms with van der Waals surface area (Å²) >= 11 is 0. The number of aromatic hydroxyl groups is 1. The number of anilines is 1. The van der Waals surface area contributed by atoms with Crippen LogP contribution in [-0.4, -0.2) is 29.7 Å². The van der Waals surface area contributed by atoms with E-state index in [0.717, 1.165) is 5.69 Å². The Labute approximate surface area is 81.8 Å². The van der Waals surface area contributed by atoms with Crippen LogP contribution in [0.1, 0.15) is 0 Å². The molecule has 0 saturated heterocycles. The maximum absolute atomic E-state index is 9.05. The smallest absolute Gasteiger partial charge is 0.394 e. The average Bonchev–Trinajstić information content (AvgIpc) is 2.02. The standard InChI is InChI=1S/C7H9NO.H2O4S/c1-8-6-4-2-3-5-7(6)9;1-5(2,3)4/h2-5,8-9H,1H3;(H2,1,2,3,4). The topological polar surface area (TPSA) is 107 Å². The number of benzene rings is 1. The van der Waals surface area contributed by atoms with Crippen LogP contribution in [0.5, 0.6) is 5.75 Å². The summed E-state index contributed by atoms with van der Waals surface area (Å²) in [7, 11) is -2.89. The van der Waals surface area contributed by atoms with Crippen molar-refractivity contribution in [2.24, 2.45) is 0 Å². The van der Waals surface area contributed by atoms with Crippen LogP contribution in [0.3, 0.4) is 0 Å². The van der Waals surface area contributed by atoms with Crippen molar-refractivity contribution in [3.8, 4) is 5.75 Å². The van der Waals surface area contributed by atoms with E-state index < -0.39 is 10.4 Å². The Bertz CT molecular complexity index is 367. The van der Waals surface area contributed by atoms with Gasteiger partial charge >= 0.3 is 10.4 Å². The minimum atomic E-state index is -4.67. The van der Waals surface area contributed by atoms with Crippen molar-refractivity contribution in [2.75, 3.05) is 12.4 Å². The molecule has 4 N–H and O–H groups in total. The number of nitrogens with one attached hydrogen (secondary N) is 1. The Morgan fingerprint density at radius 1 is 1.21 bits per heavy atom. The Morgan fingerprint density at radius 3 is 1.93 bits per heavy atom. The van der Waals surface area contributed by atoms with Crippen LogP contribution in [-0.2, 0) is 10.4 Å². The highest BCUT2D eigenvalue weighted by Crippen LogP contribution is 2.19. The van der Waals surface area contributed by atoms with E-state index in [0.29, 0.717) is 5.75 Å². The van der Waals surface area contributed by atoms with Gasteiger partial charge in [-0.25, -0.2) is 0 Å². The number of hydrogen-bond donors (Lipinski definition) is 4. The average molecular weight is 221 g/mol. The Hall–Kier alpha value is -1.31. The van der Waals surface area contributed by atoms with Crippen molar-refractivity contribution in [2.45, 2.75) is 0 Å². The Kier molecular flexibility index (Phi) is 4.92. The third-order valence-corrected chi connectivity index (χ3v) is 1.17. The number of phenols is 1. The molecule has 0 spiro atoms. The van der Waals surface area contributed by atoms with E-state index in [1.54, 1.807) is 19.2 Å². The molecule has 0 aliphatic carbocycles. The summed E-state index contributed by atoms with van der Waals surface area (Å²) in [6.45, 7) is 0. The molecule has 1 aromatic rings. The number of phenolic OH excluding ortho intramolecular Hbond substituents is 1. The van der Waals surface area contributed by atoms with Gasteiger partial charge in [0.25, 0.3) is 0 Å². The minimum absolute atomic E-state index is 0.292. The highest BCUT2D eigenvalue weighted by Gasteiger charge is 1.91. The molecule has 0 unspecified atom stereocenters. The van der Waals surface area contributed by atoms with Gasteiger partial charge in [-0.3, -0.25) is 9.11 Å². The second kappa shape index (κ2) is 5.43. The molecular weight excluding hydrogens is 210 g/mol. The van der Waals surface area contributed by atoms with Crippen molar-refractivity contribution >= 4 is 16.1 Å². The van der Waals surface area contributed by atoms with Gasteiger partial charge in [0.05, 0.1) is 5.69 Å². The highest BCUT2D eigenvalue weighted by atomic mass is 32.3. The summed E-state index contributed by atoms with van der Waals surface area (Å²) < 4.78 is 31.6. The van der Waals surface area contributed by atoms with E-state index in [-0.39, 0.29) is 0 Å². The van der Waals surface area contributed by atoms with Crippen molar-refractivity contribution in [1.82, 2.24) is 0 Å². The number of rotatable bonds is 1. The van der Waals surface area contributed by atoms with Crippen molar-refractivity contribution in [3.05, 3.63) is 24.3 Å². The quantitative estimate of drug-likeness (QED) is 0.412. The van der Waals surface area contributed by atoms with Crippen LogP contribution in [0.4, 0.5) is 5.69 Å². The first-order chi connectivity index (χ1) is 6.34. The molecule has 0 amide bonds. The first-order valence-electron chi connectivity index (χ1n) is 3.50. The Balaban J connectivity index is 0.000000292. The lowest BCUT2D eigenvalue weighted by Gasteiger charge is -1.99. The fourth-order valence-electron chi connectivity index (χ4n) is 0.685. The molecule has 14 heavy (non-hydrogen) atoms. The normalized spacial score (nSPS) is 9.93. The van der Waals surface area contributed by atoms with Crippen LogP contribution in [0.15, 0.2) is 24.3 Å². The van der Waals surface area contributed by atoms with E-state index >= 15 is 0 Å². The largest absolute Gasteiger partial charge is 0.506 e. The predicted molar refractivity (Wildman–Crippen MR) is 51.8 cm³/mol. The fraction of sp³-hybridized carbons (Fsp3) is 0.143. The molecule has 0 aliphatic heterocycles. The first kappa shape index (κ1) is 12.7. The van der Waals surface area contributed by atoms with Gasteiger partial charge in [0.15, 0.2) is 0 Å². The van der Waals surface area contributed by atoms with E-state index in [1.165, 1.54) is 0 Å². The fourth-order valence-corrected chi connectivity index (χ4v) is 0.685. The summed E-state index contributed by atoms with van der Waals surface area (Å²) in [6, 6.07) is 7.11. The van der Waals surface area contributed by atoms with Gasteiger partial charge in [-0.05, 0) is 12.1 Å². The monoisotopic (exact) mass is 221 g/mol. The van der Waals surface area contributed by atoms with E-state index in [4.69, 9.17) is 22.6 Å². The van der Waals surface area contributed by atoms with Crippen LogP contribution in [0.2, 0.25) is 0 Å². The van der Waals surface area contributed by atoms with Gasteiger partial charge in [0.1, 0.15) is 5.75 Å². The molecule has 0 radical (unpaired) electrons. The van der Waals surface area contributed by atoms with Crippen molar-refractivity contribution in [1.29, 1.82) is 0 Å². The van der Waals surface area contributed by atoms with Crippen LogP contribution < -0.4 is 5.32 Å². The Morgan fingerprint density at radius 2 is 1.64 bits per heavy atom. The lowest BCUT2D eigenvalue weighted by atomic mass is 10.3. The maximum atomic E-state index is 9.05. The summed E-state index contributed by atoms with van der Waals surface area (Å²) in [5.41, 5.74) is 0.762. The summed E-state index contributed by atoms with van der Waals surface area (Å²) in [5.74, 6) is 0.292. The maximum Gasteiger partial charge on any atom is 0.394 e. The molecule has 1 rings (SSSR count). The third-order valence-electron chi connectivity index (χ3n) is 1.17. The second-order valence-electron chi connectivity index (χ2n) is 2.21. The SMILES string of the molecule is CNc1ccccc1O.O=S(=O)(O)O. The van der Waals surface area contributed by atoms with E-state index in [1.807, 2.05) is 12.1 Å². The molecular formula is C7H11NO5S. The zero-order valence-corrected chi connectivity index (χ0v) is 8.19. The highest BCUT2D eigenvalue weighted by molar-refractivity contribution is 7.79. The molecule has 0 aliphatic rings. The van der Waals surface area contributed by atoms with Crippen molar-refractivity contribution in [3.63, 3.8) is 0 Å². The van der Waals surface area contributed by atoms with E-state index in [9.17, 15) is 0 Å². The summed E-state index contributed by atoms with van der Waals surface area (Å²) in [5, 5.41) is 11.9. The molecule has 80 valence electrons. The van der Waals surface area contributed by atoms with Gasteiger partial charge in [-0.15, -0.1) is 0 Å². The molecule has 0 heterocycles. The molecule has 0 bridgehead atoms. The molecule has 1 aromatic carbocycles. The van der Waals surface area contributed by atoms with Crippen LogP contribution in [0.25, 0.3) is 0 Å². The van der Waals surface area contributed by atoms with Crippen molar-refractivity contribution < 1.29 is 22.6 Å². The van der Waals surface area contributed by atoms with Gasteiger partial charge < -0.3 is 10.4 Å². The van der Waals surface area contributed by atoms with Crippen LogP contribution >= 0.6 is 0 Å². The molecule has 0 atom stereocenters. The zero-order chi connectivity index (χ0) is 11.2. The number of hydrogen-bond acceptors (Lipinski definition) is 4. The second-order valence-corrected chi connectivity index (χ2v) is 3.11. The van der Waals surface area contributed by atoms with Gasteiger partial charge in [0.2, 0.25) is 0 Å². The van der Waals surface area contributed by atoms with Gasteiger partial charge in [0, 0.05) is 7.05 Å². The van der Waals surface area contributed by atoms with E-state index in [2.05, 4.69) is 5.32 Å². The first-order valence-corrected chi connectivity index (χ1v) is 4.90. The lowest BCUT2D eigenvalue weighted by Crippen LogP contribution is -1.89. The molecule has 0 saturated carbocycles. The lowest BCUT2D eigenvalue weighted by molar-refractivity contribution is 0.381. The van der Waals surface area contributed by atoms with Gasteiger partial charge in [-0.1, -0.05) is 12.1 Å². The molecule has 7 heteroatoms. The van der Waals surface area contributed by atoms with Gasteiger partial charge in [-0.2, -0.15) is 8.42 Å². The zero-order valence-electron chi connectivity index (χ0n) is 7.38. The molecule has 0 fully saturated rings. The summed E-state index contributed by atoms with van der Waals surface area (Å²) in [4.78, 5) is 0. The summed E-state index contributed by atoms with van der Waals surface area (Å²) in [6.07, 6.45) is 0. The number of para-hydroxylation sites is 2. The molecule has 0 aromatic heterocycles. The third kappa shape index (κ3) is 7.35. The van der Waals surface area contributed by atoms with Crippen LogP contribution in [0, 0.1) is 0 Å².